The van der Waals surface area contributed by atoms with Crippen molar-refractivity contribution >= 4 is 35.6 Å². The molecule has 2 aromatic rings. The molecule has 0 bridgehead atoms. The third kappa shape index (κ3) is 5.84. The van der Waals surface area contributed by atoms with E-state index in [-0.39, 0.29) is 24.0 Å². The van der Waals surface area contributed by atoms with E-state index >= 15 is 0 Å². The Balaban J connectivity index is 0.00000243. The number of guanidine groups is 1. The van der Waals surface area contributed by atoms with Crippen LogP contribution in [0.15, 0.2) is 29.4 Å². The van der Waals surface area contributed by atoms with Crippen molar-refractivity contribution < 1.29 is 4.74 Å². The van der Waals surface area contributed by atoms with Gasteiger partial charge in [-0.1, -0.05) is 6.07 Å². The fourth-order valence-corrected chi connectivity index (χ4v) is 2.74. The standard InChI is InChI=1S/C19H29N5O.HI/c1-4-20-19(23(3)10-11-25-14-16-8-9-16)21-12-17-13-24-15(2)6-5-7-18(24)22-17;/h5-7,13,16H,4,8-12,14H2,1-3H3,(H,20,21);1H. The second-order valence-electron chi connectivity index (χ2n) is 6.74. The monoisotopic (exact) mass is 471 g/mol. The number of nitrogens with one attached hydrogen (secondary N) is 1. The van der Waals surface area contributed by atoms with Crippen LogP contribution in [0, 0.1) is 12.8 Å². The number of fused-ring (bicyclic) bond motifs is 1. The summed E-state index contributed by atoms with van der Waals surface area (Å²) in [7, 11) is 2.05. The fourth-order valence-electron chi connectivity index (χ4n) is 2.74. The Morgan fingerprint density at radius 2 is 2.23 bits per heavy atom. The minimum absolute atomic E-state index is 0. The molecular formula is C19H30IN5O. The predicted octanol–water partition coefficient (Wildman–Crippen LogP) is 3.08. The molecule has 2 heterocycles. The normalized spacial score (nSPS) is 14.3. The van der Waals surface area contributed by atoms with Crippen molar-refractivity contribution in [1.29, 1.82) is 0 Å². The van der Waals surface area contributed by atoms with Gasteiger partial charge >= 0.3 is 0 Å². The largest absolute Gasteiger partial charge is 0.379 e. The van der Waals surface area contributed by atoms with Crippen molar-refractivity contribution in [3.63, 3.8) is 0 Å². The van der Waals surface area contributed by atoms with Crippen LogP contribution in [0.4, 0.5) is 0 Å². The lowest BCUT2D eigenvalue weighted by molar-refractivity contribution is 0.115. The minimum atomic E-state index is 0. The Labute approximate surface area is 173 Å². The Morgan fingerprint density at radius 1 is 1.42 bits per heavy atom. The number of likely N-dealkylation sites (N-methyl/N-ethyl adjacent to an activating group) is 1. The van der Waals surface area contributed by atoms with Crippen molar-refractivity contribution in [2.45, 2.75) is 33.2 Å². The van der Waals surface area contributed by atoms with Gasteiger partial charge in [0, 0.05) is 38.6 Å². The van der Waals surface area contributed by atoms with Gasteiger partial charge in [0.15, 0.2) is 5.96 Å². The van der Waals surface area contributed by atoms with Crippen LogP contribution in [0.5, 0.6) is 0 Å². The van der Waals surface area contributed by atoms with Gasteiger partial charge in [-0.25, -0.2) is 9.98 Å². The molecule has 0 aliphatic heterocycles. The van der Waals surface area contributed by atoms with Crippen LogP contribution in [0.3, 0.4) is 0 Å². The summed E-state index contributed by atoms with van der Waals surface area (Å²) in [6.45, 7) is 8.06. The van der Waals surface area contributed by atoms with Crippen LogP contribution >= 0.6 is 24.0 Å². The van der Waals surface area contributed by atoms with Crippen molar-refractivity contribution in [1.82, 2.24) is 19.6 Å². The summed E-state index contributed by atoms with van der Waals surface area (Å²) >= 11 is 0. The van der Waals surface area contributed by atoms with Crippen LogP contribution < -0.4 is 5.32 Å². The van der Waals surface area contributed by atoms with E-state index in [1.807, 2.05) is 12.1 Å². The third-order valence-corrected chi connectivity index (χ3v) is 4.45. The van der Waals surface area contributed by atoms with Crippen LogP contribution in [-0.4, -0.2) is 53.6 Å². The maximum absolute atomic E-state index is 5.73. The molecule has 3 rings (SSSR count). The molecule has 0 unspecified atom stereocenters. The lowest BCUT2D eigenvalue weighted by Crippen LogP contribution is -2.40. The average molecular weight is 471 g/mol. The number of hydrogen-bond donors (Lipinski definition) is 1. The van der Waals surface area contributed by atoms with Crippen LogP contribution in [-0.2, 0) is 11.3 Å². The molecule has 1 aliphatic rings. The highest BCUT2D eigenvalue weighted by molar-refractivity contribution is 14.0. The molecule has 144 valence electrons. The van der Waals surface area contributed by atoms with Gasteiger partial charge in [0.25, 0.3) is 0 Å². The first-order valence-corrected chi connectivity index (χ1v) is 9.18. The van der Waals surface area contributed by atoms with E-state index in [1.165, 1.54) is 18.5 Å². The van der Waals surface area contributed by atoms with Crippen molar-refractivity contribution in [3.05, 3.63) is 35.8 Å². The molecular weight excluding hydrogens is 441 g/mol. The lowest BCUT2D eigenvalue weighted by atomic mass is 10.4. The van der Waals surface area contributed by atoms with Gasteiger partial charge in [0.1, 0.15) is 5.65 Å². The van der Waals surface area contributed by atoms with Crippen LogP contribution in [0.2, 0.25) is 0 Å². The molecule has 1 fully saturated rings. The molecule has 1 N–H and O–H groups in total. The molecule has 0 radical (unpaired) electrons. The maximum atomic E-state index is 5.73. The van der Waals surface area contributed by atoms with E-state index in [1.54, 1.807) is 0 Å². The fraction of sp³-hybridized carbons (Fsp3) is 0.579. The summed E-state index contributed by atoms with van der Waals surface area (Å²) in [5.74, 6) is 1.71. The minimum Gasteiger partial charge on any atom is -0.379 e. The average Bonchev–Trinajstić information content (AvgIpc) is 3.33. The Bertz CT molecular complexity index is 726. The molecule has 2 aromatic heterocycles. The van der Waals surface area contributed by atoms with Crippen molar-refractivity contribution in [2.24, 2.45) is 10.9 Å². The highest BCUT2D eigenvalue weighted by atomic mass is 127. The zero-order valence-electron chi connectivity index (χ0n) is 15.9. The molecule has 0 atom stereocenters. The number of imidazole rings is 1. The Morgan fingerprint density at radius 3 is 2.92 bits per heavy atom. The smallest absolute Gasteiger partial charge is 0.194 e. The summed E-state index contributed by atoms with van der Waals surface area (Å²) in [5, 5.41) is 3.35. The molecule has 1 saturated carbocycles. The van der Waals surface area contributed by atoms with E-state index < -0.39 is 0 Å². The third-order valence-electron chi connectivity index (χ3n) is 4.45. The second kappa shape index (κ2) is 10.1. The number of aromatic nitrogens is 2. The number of aliphatic imine (C=N–C) groups is 1. The van der Waals surface area contributed by atoms with E-state index in [2.05, 4.69) is 52.8 Å². The maximum Gasteiger partial charge on any atom is 0.194 e. The number of rotatable bonds is 8. The van der Waals surface area contributed by atoms with E-state index in [0.29, 0.717) is 6.54 Å². The SMILES string of the molecule is CCNC(=NCc1cn2c(C)cccc2n1)N(C)CCOCC1CC1.I. The van der Waals surface area contributed by atoms with Gasteiger partial charge in [-0.05, 0) is 44.7 Å². The van der Waals surface area contributed by atoms with E-state index in [9.17, 15) is 0 Å². The first-order chi connectivity index (χ1) is 12.2. The molecule has 0 amide bonds. The molecule has 26 heavy (non-hydrogen) atoms. The Kier molecular flexibility index (Phi) is 8.15. The number of halogens is 1. The van der Waals surface area contributed by atoms with Gasteiger partial charge in [-0.3, -0.25) is 0 Å². The number of aryl methyl sites for hydroxylation is 1. The first kappa shape index (κ1) is 21.0. The summed E-state index contributed by atoms with van der Waals surface area (Å²) in [4.78, 5) is 11.5. The first-order valence-electron chi connectivity index (χ1n) is 9.18. The number of pyridine rings is 1. The van der Waals surface area contributed by atoms with E-state index in [4.69, 9.17) is 9.73 Å². The van der Waals surface area contributed by atoms with Gasteiger partial charge in [0.05, 0.1) is 18.8 Å². The predicted molar refractivity (Wildman–Crippen MR) is 116 cm³/mol. The number of nitrogens with zero attached hydrogens (tertiary/aromatic N) is 4. The zero-order chi connectivity index (χ0) is 17.6. The van der Waals surface area contributed by atoms with Crippen molar-refractivity contribution in [3.8, 4) is 0 Å². The molecule has 0 saturated heterocycles. The summed E-state index contributed by atoms with van der Waals surface area (Å²) in [5.41, 5.74) is 3.12. The highest BCUT2D eigenvalue weighted by Crippen LogP contribution is 2.28. The molecule has 7 heteroatoms. The van der Waals surface area contributed by atoms with E-state index in [0.717, 1.165) is 49.5 Å². The summed E-state index contributed by atoms with van der Waals surface area (Å²) < 4.78 is 7.84. The molecule has 1 aliphatic carbocycles. The number of ether oxygens (including phenoxy) is 1. The van der Waals surface area contributed by atoms with Crippen LogP contribution in [0.25, 0.3) is 5.65 Å². The van der Waals surface area contributed by atoms with Gasteiger partial charge in [-0.2, -0.15) is 0 Å². The molecule has 0 spiro atoms. The summed E-state index contributed by atoms with van der Waals surface area (Å²) in [6.07, 6.45) is 4.73. The quantitative estimate of drug-likeness (QED) is 0.278. The lowest BCUT2D eigenvalue weighted by Gasteiger charge is -2.21. The van der Waals surface area contributed by atoms with Gasteiger partial charge in [0.2, 0.25) is 0 Å². The van der Waals surface area contributed by atoms with Gasteiger partial charge < -0.3 is 19.4 Å². The topological polar surface area (TPSA) is 54.2 Å². The second-order valence-corrected chi connectivity index (χ2v) is 6.74. The van der Waals surface area contributed by atoms with Crippen molar-refractivity contribution in [2.75, 3.05) is 33.4 Å². The highest BCUT2D eigenvalue weighted by Gasteiger charge is 2.21. The van der Waals surface area contributed by atoms with Gasteiger partial charge in [-0.15, -0.1) is 24.0 Å². The summed E-state index contributed by atoms with van der Waals surface area (Å²) in [6, 6.07) is 6.14. The zero-order valence-corrected chi connectivity index (χ0v) is 18.3. The molecule has 6 nitrogen and oxygen atoms in total. The number of hydrogen-bond acceptors (Lipinski definition) is 3. The van der Waals surface area contributed by atoms with Crippen LogP contribution in [0.1, 0.15) is 31.2 Å². The molecule has 0 aromatic carbocycles. The Hall–Kier alpha value is -1.35.